The Morgan fingerprint density at radius 2 is 2.32 bits per heavy atom. The van der Waals surface area contributed by atoms with Crippen molar-refractivity contribution in [2.45, 2.75) is 19.4 Å². The van der Waals surface area contributed by atoms with Crippen LogP contribution >= 0.6 is 22.9 Å². The van der Waals surface area contributed by atoms with Crippen LogP contribution in [0.4, 0.5) is 4.79 Å². The zero-order valence-electron chi connectivity index (χ0n) is 10.6. The van der Waals surface area contributed by atoms with Gasteiger partial charge in [-0.25, -0.2) is 4.79 Å². The van der Waals surface area contributed by atoms with Crippen molar-refractivity contribution in [3.8, 4) is 0 Å². The number of urea groups is 1. The summed E-state index contributed by atoms with van der Waals surface area (Å²) in [7, 11) is 0. The lowest BCUT2D eigenvalue weighted by atomic mass is 10.1. The van der Waals surface area contributed by atoms with Gasteiger partial charge in [-0.3, -0.25) is 4.79 Å². The molecule has 3 amide bonds. The van der Waals surface area contributed by atoms with Crippen LogP contribution in [0.3, 0.4) is 0 Å². The van der Waals surface area contributed by atoms with Crippen molar-refractivity contribution in [2.24, 2.45) is 11.7 Å². The molecule has 2 atom stereocenters. The minimum Gasteiger partial charge on any atom is -0.369 e. The Kier molecular flexibility index (Phi) is 4.31. The molecule has 0 saturated carbocycles. The van der Waals surface area contributed by atoms with E-state index in [9.17, 15) is 9.59 Å². The van der Waals surface area contributed by atoms with Crippen molar-refractivity contribution < 1.29 is 9.59 Å². The molecule has 0 bridgehead atoms. The first kappa shape index (κ1) is 14.1. The second-order valence-electron chi connectivity index (χ2n) is 4.65. The van der Waals surface area contributed by atoms with E-state index in [1.54, 1.807) is 4.90 Å². The van der Waals surface area contributed by atoms with Crippen LogP contribution in [0.2, 0.25) is 4.34 Å². The number of nitrogens with one attached hydrogen (secondary N) is 1. The van der Waals surface area contributed by atoms with Crippen LogP contribution < -0.4 is 11.1 Å². The predicted molar refractivity (Wildman–Crippen MR) is 75.2 cm³/mol. The third-order valence-electron chi connectivity index (χ3n) is 3.24. The van der Waals surface area contributed by atoms with E-state index in [1.807, 2.05) is 19.1 Å². The number of halogens is 1. The Morgan fingerprint density at radius 3 is 2.84 bits per heavy atom. The van der Waals surface area contributed by atoms with Crippen LogP contribution in [-0.4, -0.2) is 29.9 Å². The van der Waals surface area contributed by atoms with Crippen molar-refractivity contribution in [2.75, 3.05) is 13.1 Å². The quantitative estimate of drug-likeness (QED) is 0.895. The van der Waals surface area contributed by atoms with Gasteiger partial charge in [-0.15, -0.1) is 11.3 Å². The van der Waals surface area contributed by atoms with Gasteiger partial charge in [0.1, 0.15) is 0 Å². The van der Waals surface area contributed by atoms with Crippen LogP contribution in [0.25, 0.3) is 0 Å². The van der Waals surface area contributed by atoms with Gasteiger partial charge >= 0.3 is 6.03 Å². The van der Waals surface area contributed by atoms with E-state index in [0.717, 1.165) is 4.88 Å². The molecule has 5 nitrogen and oxygen atoms in total. The summed E-state index contributed by atoms with van der Waals surface area (Å²) in [6, 6.07) is 3.44. The highest BCUT2D eigenvalue weighted by atomic mass is 35.5. The summed E-state index contributed by atoms with van der Waals surface area (Å²) in [6.07, 6.45) is 0.641. The van der Waals surface area contributed by atoms with Gasteiger partial charge in [-0.1, -0.05) is 11.6 Å². The van der Waals surface area contributed by atoms with Crippen molar-refractivity contribution >= 4 is 34.9 Å². The van der Waals surface area contributed by atoms with Crippen molar-refractivity contribution in [1.82, 2.24) is 10.2 Å². The van der Waals surface area contributed by atoms with Crippen LogP contribution in [0.5, 0.6) is 0 Å². The van der Waals surface area contributed by atoms with Crippen LogP contribution in [-0.2, 0) is 4.79 Å². The Labute approximate surface area is 120 Å². The topological polar surface area (TPSA) is 75.4 Å². The average Bonchev–Trinajstić information content (AvgIpc) is 2.96. The fraction of sp³-hybridized carbons (Fsp3) is 0.500. The van der Waals surface area contributed by atoms with Gasteiger partial charge in [0, 0.05) is 18.0 Å². The van der Waals surface area contributed by atoms with E-state index in [0.29, 0.717) is 23.8 Å². The normalized spacial score (nSPS) is 20.3. The minimum atomic E-state index is -0.339. The van der Waals surface area contributed by atoms with Gasteiger partial charge in [0.15, 0.2) is 0 Å². The first-order valence-electron chi connectivity index (χ1n) is 6.07. The zero-order valence-corrected chi connectivity index (χ0v) is 12.1. The van der Waals surface area contributed by atoms with E-state index < -0.39 is 0 Å². The van der Waals surface area contributed by atoms with E-state index in [2.05, 4.69) is 5.32 Å². The number of nitrogens with zero attached hydrogens (tertiary/aromatic N) is 1. The maximum atomic E-state index is 12.0. The molecule has 1 aromatic rings. The standard InChI is InChI=1S/C12H16ClN3O2S/c1-7(9-2-3-10(13)19-9)15-12(18)16-5-4-8(6-16)11(14)17/h2-3,7-8H,4-6H2,1H3,(H2,14,17)(H,15,18)/t7-,8-/m0/s1. The lowest BCUT2D eigenvalue weighted by Gasteiger charge is -2.20. The molecule has 0 aliphatic carbocycles. The molecule has 3 N–H and O–H groups in total. The summed E-state index contributed by atoms with van der Waals surface area (Å²) in [5.74, 6) is -0.564. The number of nitrogens with two attached hydrogens (primary N) is 1. The molecule has 1 aromatic heterocycles. The number of carbonyl (C=O) groups excluding carboxylic acids is 2. The molecule has 1 saturated heterocycles. The molecule has 0 spiro atoms. The van der Waals surface area contributed by atoms with Gasteiger partial charge in [0.05, 0.1) is 16.3 Å². The van der Waals surface area contributed by atoms with E-state index in [-0.39, 0.29) is 23.9 Å². The van der Waals surface area contributed by atoms with Crippen LogP contribution in [0.15, 0.2) is 12.1 Å². The second-order valence-corrected chi connectivity index (χ2v) is 6.39. The Balaban J connectivity index is 1.89. The maximum Gasteiger partial charge on any atom is 0.317 e. The molecule has 1 aliphatic rings. The molecule has 1 aliphatic heterocycles. The largest absolute Gasteiger partial charge is 0.369 e. The molecule has 104 valence electrons. The smallest absolute Gasteiger partial charge is 0.317 e. The number of amides is 3. The molecule has 0 radical (unpaired) electrons. The number of thiophene rings is 1. The predicted octanol–water partition coefficient (Wildman–Crippen LogP) is 1.98. The van der Waals surface area contributed by atoms with Gasteiger partial charge in [-0.05, 0) is 25.5 Å². The molecule has 2 heterocycles. The molecule has 0 unspecified atom stereocenters. The Bertz CT molecular complexity index is 491. The summed E-state index contributed by atoms with van der Waals surface area (Å²) in [5, 5.41) is 2.90. The second kappa shape index (κ2) is 5.79. The number of likely N-dealkylation sites (tertiary alicyclic amines) is 1. The summed E-state index contributed by atoms with van der Waals surface area (Å²) in [5.41, 5.74) is 5.24. The van der Waals surface area contributed by atoms with Crippen LogP contribution in [0.1, 0.15) is 24.3 Å². The van der Waals surface area contributed by atoms with E-state index in [4.69, 9.17) is 17.3 Å². The highest BCUT2D eigenvalue weighted by Gasteiger charge is 2.30. The van der Waals surface area contributed by atoms with E-state index in [1.165, 1.54) is 11.3 Å². The van der Waals surface area contributed by atoms with Gasteiger partial charge in [0.25, 0.3) is 0 Å². The fourth-order valence-electron chi connectivity index (χ4n) is 2.09. The average molecular weight is 302 g/mol. The molecule has 2 rings (SSSR count). The fourth-order valence-corrected chi connectivity index (χ4v) is 3.15. The first-order chi connectivity index (χ1) is 8.97. The molecular weight excluding hydrogens is 286 g/mol. The number of carbonyl (C=O) groups is 2. The van der Waals surface area contributed by atoms with Crippen molar-refractivity contribution in [1.29, 1.82) is 0 Å². The lowest BCUT2D eigenvalue weighted by molar-refractivity contribution is -0.121. The van der Waals surface area contributed by atoms with Crippen LogP contribution in [0, 0.1) is 5.92 Å². The molecule has 0 aromatic carbocycles. The number of hydrogen-bond acceptors (Lipinski definition) is 3. The first-order valence-corrected chi connectivity index (χ1v) is 7.27. The third kappa shape index (κ3) is 3.39. The summed E-state index contributed by atoms with van der Waals surface area (Å²) >= 11 is 7.31. The molecule has 1 fully saturated rings. The summed E-state index contributed by atoms with van der Waals surface area (Å²) < 4.78 is 0.700. The minimum absolute atomic E-state index is 0.0994. The number of hydrogen-bond donors (Lipinski definition) is 2. The lowest BCUT2D eigenvalue weighted by Crippen LogP contribution is -2.40. The maximum absolute atomic E-state index is 12.0. The number of rotatable bonds is 3. The molecule has 19 heavy (non-hydrogen) atoms. The third-order valence-corrected chi connectivity index (χ3v) is 4.65. The Hall–Kier alpha value is -1.27. The van der Waals surface area contributed by atoms with Crippen molar-refractivity contribution in [3.63, 3.8) is 0 Å². The van der Waals surface area contributed by atoms with E-state index >= 15 is 0 Å². The monoisotopic (exact) mass is 301 g/mol. The van der Waals surface area contributed by atoms with Gasteiger partial charge in [0.2, 0.25) is 5.91 Å². The zero-order chi connectivity index (χ0) is 14.0. The number of primary amides is 1. The highest BCUT2D eigenvalue weighted by molar-refractivity contribution is 7.16. The Morgan fingerprint density at radius 1 is 1.58 bits per heavy atom. The highest BCUT2D eigenvalue weighted by Crippen LogP contribution is 2.27. The van der Waals surface area contributed by atoms with Crippen molar-refractivity contribution in [3.05, 3.63) is 21.3 Å². The molecule has 7 heteroatoms. The molecular formula is C12H16ClN3O2S. The van der Waals surface area contributed by atoms with Gasteiger partial charge < -0.3 is 16.0 Å². The SMILES string of the molecule is C[C@H](NC(=O)N1CC[C@H](C(N)=O)C1)c1ccc(Cl)s1. The summed E-state index contributed by atoms with van der Waals surface area (Å²) in [4.78, 5) is 25.7. The van der Waals surface area contributed by atoms with Gasteiger partial charge in [-0.2, -0.15) is 0 Å². The summed E-state index contributed by atoms with van der Waals surface area (Å²) in [6.45, 7) is 2.87.